The number of rotatable bonds is 4. The lowest BCUT2D eigenvalue weighted by molar-refractivity contribution is 0.471. The van der Waals surface area contributed by atoms with Crippen LogP contribution in [0.3, 0.4) is 0 Å². The van der Waals surface area contributed by atoms with E-state index in [0.29, 0.717) is 6.04 Å². The molecule has 13 heavy (non-hydrogen) atoms. The van der Waals surface area contributed by atoms with Crippen molar-refractivity contribution in [3.8, 4) is 0 Å². The summed E-state index contributed by atoms with van der Waals surface area (Å²) in [6.07, 6.45) is 0. The van der Waals surface area contributed by atoms with E-state index in [1.54, 1.807) is 0 Å². The van der Waals surface area contributed by atoms with Crippen LogP contribution in [0.25, 0.3) is 0 Å². The Morgan fingerprint density at radius 3 is 2.31 bits per heavy atom. The van der Waals surface area contributed by atoms with Gasteiger partial charge in [-0.2, -0.15) is 0 Å². The normalized spacial score (nSPS) is 9.77. The van der Waals surface area contributed by atoms with Gasteiger partial charge in [-0.3, -0.25) is 10.9 Å². The van der Waals surface area contributed by atoms with E-state index in [2.05, 4.69) is 36.8 Å². The van der Waals surface area contributed by atoms with Crippen LogP contribution in [0.4, 0.5) is 0 Å². The first-order valence-electron chi connectivity index (χ1n) is 4.31. The fourth-order valence-electron chi connectivity index (χ4n) is 0.953. The van der Waals surface area contributed by atoms with Gasteiger partial charge in [0.1, 0.15) is 0 Å². The van der Waals surface area contributed by atoms with E-state index in [9.17, 15) is 0 Å². The van der Waals surface area contributed by atoms with Crippen molar-refractivity contribution in [2.45, 2.75) is 26.4 Å². The highest BCUT2D eigenvalue weighted by Gasteiger charge is 1.91. The van der Waals surface area contributed by atoms with E-state index in [1.807, 2.05) is 18.2 Å². The number of halogens is 1. The molecular weight excluding hydrogens is 184 g/mol. The maximum Gasteiger partial charge on any atom is 0.0351 e. The molecule has 0 fully saturated rings. The molecule has 0 aliphatic carbocycles. The Morgan fingerprint density at radius 2 is 1.77 bits per heavy atom. The molecule has 0 amide bonds. The molecule has 0 aliphatic rings. The predicted molar refractivity (Wildman–Crippen MR) is 58.8 cm³/mol. The van der Waals surface area contributed by atoms with Gasteiger partial charge in [0.2, 0.25) is 0 Å². The monoisotopic (exact) mass is 200 g/mol. The van der Waals surface area contributed by atoms with Gasteiger partial charge in [-0.1, -0.05) is 30.3 Å². The van der Waals surface area contributed by atoms with Crippen molar-refractivity contribution in [1.82, 2.24) is 10.9 Å². The Kier molecular flexibility index (Phi) is 6.59. The first-order valence-corrected chi connectivity index (χ1v) is 4.31. The molecule has 3 heteroatoms. The highest BCUT2D eigenvalue weighted by molar-refractivity contribution is 5.85. The largest absolute Gasteiger partial charge is 0.255 e. The van der Waals surface area contributed by atoms with Gasteiger partial charge in [0.15, 0.2) is 0 Å². The summed E-state index contributed by atoms with van der Waals surface area (Å²) in [5, 5.41) is 0. The van der Waals surface area contributed by atoms with Gasteiger partial charge in [-0.05, 0) is 19.4 Å². The van der Waals surface area contributed by atoms with Crippen LogP contribution in [0, 0.1) is 0 Å². The van der Waals surface area contributed by atoms with Crippen molar-refractivity contribution < 1.29 is 0 Å². The Balaban J connectivity index is 0.00000144. The highest BCUT2D eigenvalue weighted by Crippen LogP contribution is 1.96. The summed E-state index contributed by atoms with van der Waals surface area (Å²) in [7, 11) is 0. The van der Waals surface area contributed by atoms with Crippen molar-refractivity contribution in [3.05, 3.63) is 35.9 Å². The lowest BCUT2D eigenvalue weighted by Gasteiger charge is -2.09. The van der Waals surface area contributed by atoms with Gasteiger partial charge in [0.05, 0.1) is 0 Å². The second-order valence-corrected chi connectivity index (χ2v) is 3.14. The van der Waals surface area contributed by atoms with Crippen LogP contribution in [0.15, 0.2) is 30.3 Å². The van der Waals surface area contributed by atoms with Crippen molar-refractivity contribution in [2.24, 2.45) is 0 Å². The van der Waals surface area contributed by atoms with E-state index >= 15 is 0 Å². The summed E-state index contributed by atoms with van der Waals surface area (Å²) in [6, 6.07) is 10.8. The molecule has 0 spiro atoms. The Hall–Kier alpha value is -0.570. The summed E-state index contributed by atoms with van der Waals surface area (Å²) < 4.78 is 0. The predicted octanol–water partition coefficient (Wildman–Crippen LogP) is 2.11. The number of hydrogen-bond donors (Lipinski definition) is 2. The molecule has 74 valence electrons. The van der Waals surface area contributed by atoms with E-state index in [4.69, 9.17) is 0 Å². The van der Waals surface area contributed by atoms with Crippen LogP contribution >= 0.6 is 12.4 Å². The minimum absolute atomic E-state index is 0. The quantitative estimate of drug-likeness (QED) is 0.728. The Labute approximate surface area is 86.1 Å². The van der Waals surface area contributed by atoms with Gasteiger partial charge in [0, 0.05) is 12.6 Å². The van der Waals surface area contributed by atoms with E-state index in [0.717, 1.165) is 6.54 Å². The first-order chi connectivity index (χ1) is 5.79. The molecule has 0 unspecified atom stereocenters. The average molecular weight is 201 g/mol. The summed E-state index contributed by atoms with van der Waals surface area (Å²) in [4.78, 5) is 0. The molecular formula is C10H17ClN2. The Bertz CT molecular complexity index is 211. The fourth-order valence-corrected chi connectivity index (χ4v) is 0.953. The van der Waals surface area contributed by atoms with Crippen molar-refractivity contribution in [3.63, 3.8) is 0 Å². The molecule has 1 rings (SSSR count). The topological polar surface area (TPSA) is 24.1 Å². The molecule has 0 heterocycles. The molecule has 0 aromatic heterocycles. The standard InChI is InChI=1S/C10H16N2.ClH/c1-9(2)12-11-8-10-6-4-3-5-7-10;/h3-7,9,11-12H,8H2,1-2H3;1H. The zero-order valence-corrected chi connectivity index (χ0v) is 8.90. The number of hydrazine groups is 1. The smallest absolute Gasteiger partial charge is 0.0351 e. The van der Waals surface area contributed by atoms with Crippen LogP contribution in [-0.4, -0.2) is 6.04 Å². The van der Waals surface area contributed by atoms with Crippen molar-refractivity contribution in [1.29, 1.82) is 0 Å². The van der Waals surface area contributed by atoms with E-state index < -0.39 is 0 Å². The third-order valence-corrected chi connectivity index (χ3v) is 1.53. The third-order valence-electron chi connectivity index (χ3n) is 1.53. The lowest BCUT2D eigenvalue weighted by atomic mass is 10.2. The van der Waals surface area contributed by atoms with Gasteiger partial charge in [0.25, 0.3) is 0 Å². The van der Waals surface area contributed by atoms with Gasteiger partial charge < -0.3 is 0 Å². The molecule has 0 aliphatic heterocycles. The third kappa shape index (κ3) is 5.64. The van der Waals surface area contributed by atoms with E-state index in [1.165, 1.54) is 5.56 Å². The second kappa shape index (κ2) is 6.89. The summed E-state index contributed by atoms with van der Waals surface area (Å²) in [5.41, 5.74) is 7.59. The molecule has 2 nitrogen and oxygen atoms in total. The molecule has 0 atom stereocenters. The van der Waals surface area contributed by atoms with E-state index in [-0.39, 0.29) is 12.4 Å². The van der Waals surface area contributed by atoms with Crippen LogP contribution in [0.5, 0.6) is 0 Å². The molecule has 1 aromatic rings. The van der Waals surface area contributed by atoms with Crippen molar-refractivity contribution >= 4 is 12.4 Å². The molecule has 0 saturated carbocycles. The van der Waals surface area contributed by atoms with Gasteiger partial charge in [-0.15, -0.1) is 12.4 Å². The fraction of sp³-hybridized carbons (Fsp3) is 0.400. The van der Waals surface area contributed by atoms with Gasteiger partial charge in [-0.25, -0.2) is 0 Å². The van der Waals surface area contributed by atoms with Crippen LogP contribution in [0.2, 0.25) is 0 Å². The second-order valence-electron chi connectivity index (χ2n) is 3.14. The zero-order chi connectivity index (χ0) is 8.81. The molecule has 0 bridgehead atoms. The Morgan fingerprint density at radius 1 is 1.15 bits per heavy atom. The minimum atomic E-state index is 0. The molecule has 0 radical (unpaired) electrons. The summed E-state index contributed by atoms with van der Waals surface area (Å²) in [5.74, 6) is 0. The molecule has 1 aromatic carbocycles. The maximum absolute atomic E-state index is 3.15. The average Bonchev–Trinajstić information content (AvgIpc) is 2.05. The van der Waals surface area contributed by atoms with Crippen LogP contribution in [0.1, 0.15) is 19.4 Å². The SMILES string of the molecule is CC(C)NNCc1ccccc1.Cl. The van der Waals surface area contributed by atoms with Crippen molar-refractivity contribution in [2.75, 3.05) is 0 Å². The highest BCUT2D eigenvalue weighted by atomic mass is 35.5. The van der Waals surface area contributed by atoms with Crippen LogP contribution < -0.4 is 10.9 Å². The van der Waals surface area contributed by atoms with Gasteiger partial charge >= 0.3 is 0 Å². The zero-order valence-electron chi connectivity index (χ0n) is 8.08. The minimum Gasteiger partial charge on any atom is -0.255 e. The lowest BCUT2D eigenvalue weighted by Crippen LogP contribution is -2.36. The molecule has 0 saturated heterocycles. The number of benzene rings is 1. The number of hydrogen-bond acceptors (Lipinski definition) is 2. The maximum atomic E-state index is 3.15. The van der Waals surface area contributed by atoms with Crippen LogP contribution in [-0.2, 0) is 6.54 Å². The summed E-state index contributed by atoms with van der Waals surface area (Å²) >= 11 is 0. The summed E-state index contributed by atoms with van der Waals surface area (Å²) in [6.45, 7) is 5.09. The number of nitrogens with one attached hydrogen (secondary N) is 2. The first kappa shape index (κ1) is 12.4. The molecule has 2 N–H and O–H groups in total.